The first-order valence-electron chi connectivity index (χ1n) is 12.5. The van der Waals surface area contributed by atoms with Gasteiger partial charge < -0.3 is 15.4 Å². The van der Waals surface area contributed by atoms with Crippen LogP contribution in [0.3, 0.4) is 0 Å². The molecule has 0 saturated carbocycles. The highest BCUT2D eigenvalue weighted by Crippen LogP contribution is 2.17. The van der Waals surface area contributed by atoms with Gasteiger partial charge in [0, 0.05) is 16.8 Å². The van der Waals surface area contributed by atoms with Crippen LogP contribution in [-0.4, -0.2) is 24.2 Å². The molecule has 0 saturated heterocycles. The molecule has 0 fully saturated rings. The SMILES string of the molecule is CCOc1ccc(/C=C(\NC(=O)c2ccccc2)C(=O)Nc2ccc(C(=O)/C=C/c3ccccc3)cc2)cc1. The largest absolute Gasteiger partial charge is 0.494 e. The van der Waals surface area contributed by atoms with Gasteiger partial charge in [0.15, 0.2) is 5.78 Å². The third-order valence-corrected chi connectivity index (χ3v) is 5.68. The molecule has 0 aliphatic carbocycles. The molecule has 0 atom stereocenters. The molecule has 0 aromatic heterocycles. The molecule has 0 bridgehead atoms. The van der Waals surface area contributed by atoms with Crippen molar-refractivity contribution in [1.29, 1.82) is 0 Å². The van der Waals surface area contributed by atoms with Gasteiger partial charge in [-0.1, -0.05) is 66.7 Å². The van der Waals surface area contributed by atoms with Gasteiger partial charge >= 0.3 is 0 Å². The normalized spacial score (nSPS) is 11.2. The lowest BCUT2D eigenvalue weighted by atomic mass is 10.1. The molecule has 0 heterocycles. The van der Waals surface area contributed by atoms with E-state index in [-0.39, 0.29) is 11.5 Å². The van der Waals surface area contributed by atoms with Crippen molar-refractivity contribution < 1.29 is 19.1 Å². The summed E-state index contributed by atoms with van der Waals surface area (Å²) in [5, 5.41) is 5.52. The molecule has 0 radical (unpaired) electrons. The van der Waals surface area contributed by atoms with Gasteiger partial charge in [-0.3, -0.25) is 14.4 Å². The number of allylic oxidation sites excluding steroid dienone is 1. The van der Waals surface area contributed by atoms with E-state index in [0.717, 1.165) is 5.56 Å². The Hall–Kier alpha value is -5.23. The molecule has 6 heteroatoms. The Morgan fingerprint density at radius 3 is 2.00 bits per heavy atom. The lowest BCUT2D eigenvalue weighted by Crippen LogP contribution is -2.30. The second-order valence-electron chi connectivity index (χ2n) is 8.52. The summed E-state index contributed by atoms with van der Waals surface area (Å²) in [6.45, 7) is 2.45. The van der Waals surface area contributed by atoms with E-state index in [1.54, 1.807) is 84.9 Å². The third kappa shape index (κ3) is 7.87. The van der Waals surface area contributed by atoms with Crippen LogP contribution >= 0.6 is 0 Å². The Labute approximate surface area is 227 Å². The number of ether oxygens (including phenoxy) is 1. The summed E-state index contributed by atoms with van der Waals surface area (Å²) in [5.41, 5.74) is 3.10. The fourth-order valence-corrected chi connectivity index (χ4v) is 3.68. The fraction of sp³-hybridized carbons (Fsp3) is 0.0606. The molecule has 6 nitrogen and oxygen atoms in total. The number of amides is 2. The average molecular weight is 517 g/mol. The molecule has 0 aliphatic heterocycles. The highest BCUT2D eigenvalue weighted by molar-refractivity contribution is 6.11. The molecule has 194 valence electrons. The summed E-state index contributed by atoms with van der Waals surface area (Å²) >= 11 is 0. The van der Waals surface area contributed by atoms with E-state index in [2.05, 4.69) is 10.6 Å². The summed E-state index contributed by atoms with van der Waals surface area (Å²) in [5.74, 6) is -0.351. The number of ketones is 1. The van der Waals surface area contributed by atoms with E-state index in [9.17, 15) is 14.4 Å². The molecular formula is C33H28N2O4. The van der Waals surface area contributed by atoms with E-state index >= 15 is 0 Å². The number of benzene rings is 4. The number of rotatable bonds is 10. The molecule has 0 spiro atoms. The Morgan fingerprint density at radius 2 is 1.36 bits per heavy atom. The maximum absolute atomic E-state index is 13.2. The van der Waals surface area contributed by atoms with Crippen molar-refractivity contribution in [2.24, 2.45) is 0 Å². The highest BCUT2D eigenvalue weighted by Gasteiger charge is 2.15. The van der Waals surface area contributed by atoms with Crippen molar-refractivity contribution in [2.45, 2.75) is 6.92 Å². The molecule has 39 heavy (non-hydrogen) atoms. The topological polar surface area (TPSA) is 84.5 Å². The first kappa shape index (κ1) is 26.8. The zero-order valence-electron chi connectivity index (χ0n) is 21.5. The van der Waals surface area contributed by atoms with Gasteiger partial charge in [-0.05, 0) is 78.7 Å². The van der Waals surface area contributed by atoms with Crippen LogP contribution in [0, 0.1) is 0 Å². The van der Waals surface area contributed by atoms with Crippen LogP contribution in [0.25, 0.3) is 12.2 Å². The van der Waals surface area contributed by atoms with E-state index < -0.39 is 11.8 Å². The maximum atomic E-state index is 13.2. The second kappa shape index (κ2) is 13.4. The number of anilines is 1. The Balaban J connectivity index is 1.50. The smallest absolute Gasteiger partial charge is 0.272 e. The van der Waals surface area contributed by atoms with Crippen molar-refractivity contribution >= 4 is 35.4 Å². The Bertz CT molecular complexity index is 1470. The van der Waals surface area contributed by atoms with E-state index in [1.165, 1.54) is 6.08 Å². The maximum Gasteiger partial charge on any atom is 0.272 e. The van der Waals surface area contributed by atoms with Gasteiger partial charge in [-0.2, -0.15) is 0 Å². The minimum absolute atomic E-state index is 0.0685. The number of hydrogen-bond acceptors (Lipinski definition) is 4. The highest BCUT2D eigenvalue weighted by atomic mass is 16.5. The average Bonchev–Trinajstić information content (AvgIpc) is 2.98. The van der Waals surface area contributed by atoms with Crippen LogP contribution in [0.2, 0.25) is 0 Å². The van der Waals surface area contributed by atoms with Crippen molar-refractivity contribution in [3.05, 3.63) is 143 Å². The van der Waals surface area contributed by atoms with E-state index in [4.69, 9.17) is 4.74 Å². The van der Waals surface area contributed by atoms with Crippen LogP contribution in [0.1, 0.15) is 38.8 Å². The number of nitrogens with one attached hydrogen (secondary N) is 2. The summed E-state index contributed by atoms with van der Waals surface area (Å²) in [7, 11) is 0. The Kier molecular flexibility index (Phi) is 9.18. The predicted octanol–water partition coefficient (Wildman–Crippen LogP) is 6.39. The molecule has 4 rings (SSSR count). The van der Waals surface area contributed by atoms with Gasteiger partial charge in [0.05, 0.1) is 6.61 Å². The first-order chi connectivity index (χ1) is 19.0. The third-order valence-electron chi connectivity index (χ3n) is 5.68. The van der Waals surface area contributed by atoms with Crippen molar-refractivity contribution in [1.82, 2.24) is 5.32 Å². The number of hydrogen-bond donors (Lipinski definition) is 2. The lowest BCUT2D eigenvalue weighted by Gasteiger charge is -2.12. The number of carbonyl (C=O) groups is 3. The quantitative estimate of drug-likeness (QED) is 0.189. The molecule has 4 aromatic rings. The van der Waals surface area contributed by atoms with E-state index in [0.29, 0.717) is 34.7 Å². The van der Waals surface area contributed by atoms with Gasteiger partial charge in [0.25, 0.3) is 11.8 Å². The zero-order chi connectivity index (χ0) is 27.5. The van der Waals surface area contributed by atoms with Crippen molar-refractivity contribution in [3.63, 3.8) is 0 Å². The van der Waals surface area contributed by atoms with Crippen molar-refractivity contribution in [2.75, 3.05) is 11.9 Å². The molecule has 2 N–H and O–H groups in total. The fourth-order valence-electron chi connectivity index (χ4n) is 3.68. The standard InChI is InChI=1S/C33H28N2O4/c1-2-39-29-20-13-25(14-21-29)23-30(35-32(37)27-11-7-4-8-12-27)33(38)34-28-18-16-26(17-19-28)31(36)22-15-24-9-5-3-6-10-24/h3-23H,2H2,1H3,(H,34,38)(H,35,37)/b22-15+,30-23-. The summed E-state index contributed by atoms with van der Waals surface area (Å²) in [6, 6.07) is 32.0. The van der Waals surface area contributed by atoms with Gasteiger partial charge in [0.2, 0.25) is 0 Å². The molecule has 0 unspecified atom stereocenters. The minimum Gasteiger partial charge on any atom is -0.494 e. The lowest BCUT2D eigenvalue weighted by molar-refractivity contribution is -0.113. The summed E-state index contributed by atoms with van der Waals surface area (Å²) < 4.78 is 5.48. The molecule has 0 aliphatic rings. The van der Waals surface area contributed by atoms with Crippen LogP contribution in [0.15, 0.2) is 121 Å². The van der Waals surface area contributed by atoms with Gasteiger partial charge in [-0.15, -0.1) is 0 Å². The van der Waals surface area contributed by atoms with E-state index in [1.807, 2.05) is 43.3 Å². The monoisotopic (exact) mass is 516 g/mol. The van der Waals surface area contributed by atoms with Gasteiger partial charge in [-0.25, -0.2) is 0 Å². The first-order valence-corrected chi connectivity index (χ1v) is 12.5. The summed E-state index contributed by atoms with van der Waals surface area (Å²) in [6.07, 6.45) is 4.86. The summed E-state index contributed by atoms with van der Waals surface area (Å²) in [4.78, 5) is 38.6. The predicted molar refractivity (Wildman–Crippen MR) is 154 cm³/mol. The Morgan fingerprint density at radius 1 is 0.718 bits per heavy atom. The van der Waals surface area contributed by atoms with Crippen LogP contribution in [0.5, 0.6) is 5.75 Å². The van der Waals surface area contributed by atoms with Crippen LogP contribution in [-0.2, 0) is 4.79 Å². The van der Waals surface area contributed by atoms with Crippen molar-refractivity contribution in [3.8, 4) is 5.75 Å². The molecular weight excluding hydrogens is 488 g/mol. The van der Waals surface area contributed by atoms with Crippen LogP contribution in [0.4, 0.5) is 5.69 Å². The minimum atomic E-state index is -0.504. The zero-order valence-corrected chi connectivity index (χ0v) is 21.5. The van der Waals surface area contributed by atoms with Crippen LogP contribution < -0.4 is 15.4 Å². The molecule has 4 aromatic carbocycles. The second-order valence-corrected chi connectivity index (χ2v) is 8.52. The number of carbonyl (C=O) groups excluding carboxylic acids is 3. The van der Waals surface area contributed by atoms with Gasteiger partial charge in [0.1, 0.15) is 11.4 Å². The molecule has 2 amide bonds.